The molecular weight excluding hydrogens is 216 g/mol. The van der Waals surface area contributed by atoms with Gasteiger partial charge in [0.15, 0.2) is 0 Å². The van der Waals surface area contributed by atoms with Crippen LogP contribution in [-0.4, -0.2) is 14.9 Å². The van der Waals surface area contributed by atoms with Gasteiger partial charge in [-0.05, 0) is 11.8 Å². The van der Waals surface area contributed by atoms with Gasteiger partial charge in [-0.15, -0.1) is 0 Å². The van der Waals surface area contributed by atoms with Crippen LogP contribution in [0.5, 0.6) is 0 Å². The molecule has 1 aromatic rings. The average Bonchev–Trinajstić information content (AvgIpc) is 2.35. The molecule has 0 aliphatic rings. The summed E-state index contributed by atoms with van der Waals surface area (Å²) in [6.45, 7) is 4.47. The van der Waals surface area contributed by atoms with Crippen LogP contribution in [0.25, 0.3) is 0 Å². The second-order valence-corrected chi connectivity index (χ2v) is 4.57. The van der Waals surface area contributed by atoms with Crippen molar-refractivity contribution in [3.8, 4) is 0 Å². The van der Waals surface area contributed by atoms with E-state index in [1.54, 1.807) is 0 Å². The van der Waals surface area contributed by atoms with Gasteiger partial charge in [-0.25, -0.2) is 4.98 Å². The lowest BCUT2D eigenvalue weighted by molar-refractivity contribution is 0.420. The van der Waals surface area contributed by atoms with Crippen LogP contribution in [0.4, 0.5) is 0 Å². The fourth-order valence-corrected chi connectivity index (χ4v) is 1.29. The van der Waals surface area contributed by atoms with Crippen molar-refractivity contribution < 1.29 is 0 Å². The third-order valence-corrected chi connectivity index (χ3v) is 3.30. The van der Waals surface area contributed by atoms with Crippen LogP contribution in [0.2, 0.25) is 0 Å². The van der Waals surface area contributed by atoms with Crippen molar-refractivity contribution in [3.63, 3.8) is 0 Å². The number of nitrogens with zero attached hydrogens (tertiary/aromatic N) is 2. The van der Waals surface area contributed by atoms with Crippen LogP contribution in [0.1, 0.15) is 19.5 Å². The van der Waals surface area contributed by atoms with Gasteiger partial charge >= 0.3 is 0 Å². The molecule has 0 aromatic carbocycles. The van der Waals surface area contributed by atoms with Crippen molar-refractivity contribution in [3.05, 3.63) is 18.2 Å². The summed E-state index contributed by atoms with van der Waals surface area (Å²) in [5.41, 5.74) is 1.47. The van der Waals surface area contributed by atoms with E-state index in [1.807, 2.05) is 17.9 Å². The fourth-order valence-electron chi connectivity index (χ4n) is 1.10. The Morgan fingerprint density at radius 1 is 1.58 bits per heavy atom. The maximum atomic E-state index is 4.29. The first-order valence-corrected chi connectivity index (χ1v) is 5.18. The Kier molecular flexibility index (Phi) is 2.94. The maximum Gasteiger partial charge on any atom is 0.0946 e. The number of alkyl halides is 1. The van der Waals surface area contributed by atoms with Crippen LogP contribution in [0.15, 0.2) is 12.5 Å². The van der Waals surface area contributed by atoms with Crippen molar-refractivity contribution in [2.75, 3.05) is 5.33 Å². The molecule has 0 spiro atoms. The molecule has 0 saturated heterocycles. The van der Waals surface area contributed by atoms with Crippen LogP contribution in [0, 0.1) is 5.41 Å². The molecule has 0 N–H and O–H groups in total. The zero-order valence-electron chi connectivity index (χ0n) is 7.84. The van der Waals surface area contributed by atoms with Gasteiger partial charge in [0, 0.05) is 18.6 Å². The highest BCUT2D eigenvalue weighted by Crippen LogP contribution is 2.22. The van der Waals surface area contributed by atoms with Crippen LogP contribution < -0.4 is 0 Å². The van der Waals surface area contributed by atoms with Gasteiger partial charge in [0.1, 0.15) is 0 Å². The molecule has 1 heterocycles. The van der Waals surface area contributed by atoms with E-state index >= 15 is 0 Å². The lowest BCUT2D eigenvalue weighted by Crippen LogP contribution is -2.16. The molecule has 1 rings (SSSR count). The molecular formula is C9H15BrN2. The molecule has 0 fully saturated rings. The first-order chi connectivity index (χ1) is 5.53. The summed E-state index contributed by atoms with van der Waals surface area (Å²) in [5, 5.41) is 1.01. The van der Waals surface area contributed by atoms with Gasteiger partial charge in [-0.3, -0.25) is 0 Å². The zero-order valence-corrected chi connectivity index (χ0v) is 9.43. The molecule has 0 aliphatic carbocycles. The highest BCUT2D eigenvalue weighted by molar-refractivity contribution is 9.09. The highest BCUT2D eigenvalue weighted by atomic mass is 79.9. The number of imidazole rings is 1. The van der Waals surface area contributed by atoms with Gasteiger partial charge < -0.3 is 4.57 Å². The quantitative estimate of drug-likeness (QED) is 0.730. The number of rotatable bonds is 3. The third-order valence-electron chi connectivity index (χ3n) is 1.78. The van der Waals surface area contributed by atoms with Gasteiger partial charge in [-0.2, -0.15) is 0 Å². The number of hydrogen-bond acceptors (Lipinski definition) is 1. The second-order valence-electron chi connectivity index (χ2n) is 4.01. The maximum absolute atomic E-state index is 4.29. The first kappa shape index (κ1) is 9.78. The van der Waals surface area contributed by atoms with Crippen LogP contribution >= 0.6 is 15.9 Å². The van der Waals surface area contributed by atoms with E-state index in [1.165, 1.54) is 5.69 Å². The molecule has 3 heteroatoms. The number of aryl methyl sites for hydroxylation is 1. The summed E-state index contributed by atoms with van der Waals surface area (Å²) in [6, 6.07) is 0. The summed E-state index contributed by atoms with van der Waals surface area (Å²) in [7, 11) is 2.00. The smallest absolute Gasteiger partial charge is 0.0946 e. The van der Waals surface area contributed by atoms with Gasteiger partial charge in [0.25, 0.3) is 0 Å². The molecule has 68 valence electrons. The Hall–Kier alpha value is -0.310. The number of hydrogen-bond donors (Lipinski definition) is 0. The van der Waals surface area contributed by atoms with E-state index in [2.05, 4.69) is 41.0 Å². The molecule has 0 atom stereocenters. The van der Waals surface area contributed by atoms with Crippen molar-refractivity contribution >= 4 is 15.9 Å². The lowest BCUT2D eigenvalue weighted by atomic mass is 9.91. The Balaban J connectivity index is 2.63. The van der Waals surface area contributed by atoms with Crippen molar-refractivity contribution in [2.45, 2.75) is 20.3 Å². The molecule has 0 saturated carbocycles. The Morgan fingerprint density at radius 2 is 2.25 bits per heavy atom. The lowest BCUT2D eigenvalue weighted by Gasteiger charge is -2.19. The van der Waals surface area contributed by atoms with Crippen LogP contribution in [0.3, 0.4) is 0 Å². The zero-order chi connectivity index (χ0) is 9.19. The standard InChI is InChI=1S/C9H15BrN2/c1-9(2,6-10)4-8-5-12(3)7-11-8/h5,7H,4,6H2,1-3H3. The molecule has 0 radical (unpaired) electrons. The average molecular weight is 231 g/mol. The fraction of sp³-hybridized carbons (Fsp3) is 0.667. The Morgan fingerprint density at radius 3 is 2.67 bits per heavy atom. The van der Waals surface area contributed by atoms with E-state index in [0.29, 0.717) is 5.41 Å². The monoisotopic (exact) mass is 230 g/mol. The predicted molar refractivity (Wildman–Crippen MR) is 54.5 cm³/mol. The van der Waals surface area contributed by atoms with Crippen molar-refractivity contribution in [1.82, 2.24) is 9.55 Å². The summed E-state index contributed by atoms with van der Waals surface area (Å²) in [6.07, 6.45) is 4.95. The second kappa shape index (κ2) is 3.60. The minimum absolute atomic E-state index is 0.300. The van der Waals surface area contributed by atoms with Gasteiger partial charge in [0.2, 0.25) is 0 Å². The van der Waals surface area contributed by atoms with Gasteiger partial charge in [-0.1, -0.05) is 29.8 Å². The number of aromatic nitrogens is 2. The third kappa shape index (κ3) is 2.63. The topological polar surface area (TPSA) is 17.8 Å². The molecule has 2 nitrogen and oxygen atoms in total. The minimum Gasteiger partial charge on any atom is -0.340 e. The van der Waals surface area contributed by atoms with Crippen molar-refractivity contribution in [2.24, 2.45) is 12.5 Å². The largest absolute Gasteiger partial charge is 0.340 e. The van der Waals surface area contributed by atoms with E-state index < -0.39 is 0 Å². The summed E-state index contributed by atoms with van der Waals surface area (Å²) in [4.78, 5) is 4.29. The van der Waals surface area contributed by atoms with Gasteiger partial charge in [0.05, 0.1) is 12.0 Å². The summed E-state index contributed by atoms with van der Waals surface area (Å²) in [5.74, 6) is 0. The Labute approximate surface area is 82.1 Å². The molecule has 0 aliphatic heterocycles. The SMILES string of the molecule is Cn1cnc(CC(C)(C)CBr)c1. The van der Waals surface area contributed by atoms with E-state index in [0.717, 1.165) is 11.8 Å². The minimum atomic E-state index is 0.300. The van der Waals surface area contributed by atoms with E-state index in [4.69, 9.17) is 0 Å². The molecule has 0 bridgehead atoms. The normalized spacial score (nSPS) is 12.0. The highest BCUT2D eigenvalue weighted by Gasteiger charge is 2.17. The van der Waals surface area contributed by atoms with E-state index in [-0.39, 0.29) is 0 Å². The number of halogens is 1. The molecule has 1 aromatic heterocycles. The molecule has 12 heavy (non-hydrogen) atoms. The van der Waals surface area contributed by atoms with Crippen molar-refractivity contribution in [1.29, 1.82) is 0 Å². The summed E-state index contributed by atoms with van der Waals surface area (Å²) < 4.78 is 1.99. The molecule has 0 amide bonds. The summed E-state index contributed by atoms with van der Waals surface area (Å²) >= 11 is 3.50. The van der Waals surface area contributed by atoms with Crippen LogP contribution in [-0.2, 0) is 13.5 Å². The first-order valence-electron chi connectivity index (χ1n) is 4.06. The Bertz CT molecular complexity index is 253. The predicted octanol–water partition coefficient (Wildman–Crippen LogP) is 2.38. The van der Waals surface area contributed by atoms with E-state index in [9.17, 15) is 0 Å². The molecule has 0 unspecified atom stereocenters.